The number of benzene rings is 1. The van der Waals surface area contributed by atoms with Gasteiger partial charge in [0.2, 0.25) is 5.91 Å². The normalized spacial score (nSPS) is 14.4. The van der Waals surface area contributed by atoms with Crippen molar-refractivity contribution in [3.8, 4) is 11.5 Å². The van der Waals surface area contributed by atoms with Gasteiger partial charge in [0.1, 0.15) is 5.56 Å². The summed E-state index contributed by atoms with van der Waals surface area (Å²) in [7, 11) is 2.78. The Morgan fingerprint density at radius 3 is 2.10 bits per heavy atom. The predicted molar refractivity (Wildman–Crippen MR) is 106 cm³/mol. The van der Waals surface area contributed by atoms with Crippen molar-refractivity contribution in [2.24, 2.45) is 0 Å². The molecule has 1 fully saturated rings. The average molecular weight is 408 g/mol. The fraction of sp³-hybridized carbons (Fsp3) is 0.579. The van der Waals surface area contributed by atoms with Crippen LogP contribution in [0.5, 0.6) is 11.5 Å². The molecular formula is C19H28N4O6. The molecule has 1 aromatic carbocycles. The highest BCUT2D eigenvalue weighted by atomic mass is 16.6. The molecule has 0 aromatic heterocycles. The second-order valence-corrected chi connectivity index (χ2v) is 6.62. The Bertz CT molecular complexity index is 757. The van der Waals surface area contributed by atoms with Gasteiger partial charge in [0.25, 0.3) is 11.6 Å². The predicted octanol–water partition coefficient (Wildman–Crippen LogP) is 1.24. The second kappa shape index (κ2) is 10.1. The van der Waals surface area contributed by atoms with Crippen LogP contribution in [0.1, 0.15) is 24.2 Å². The number of carbonyl (C=O) groups excluding carboxylic acids is 2. The van der Waals surface area contributed by atoms with Crippen LogP contribution in [-0.4, -0.2) is 91.5 Å². The molecule has 0 saturated carbocycles. The molecule has 10 heteroatoms. The molecule has 0 aliphatic carbocycles. The average Bonchev–Trinajstić information content (AvgIpc) is 2.73. The lowest BCUT2D eigenvalue weighted by atomic mass is 10.1. The Kier molecular flexibility index (Phi) is 7.77. The molecule has 1 aliphatic rings. The monoisotopic (exact) mass is 408 g/mol. The summed E-state index contributed by atoms with van der Waals surface area (Å²) in [6.45, 7) is 7.33. The molecule has 0 atom stereocenters. The summed E-state index contributed by atoms with van der Waals surface area (Å²) in [6, 6.07) is 2.54. The smallest absolute Gasteiger partial charge is 0.286 e. The molecule has 29 heavy (non-hydrogen) atoms. The summed E-state index contributed by atoms with van der Waals surface area (Å²) >= 11 is 0. The van der Waals surface area contributed by atoms with Gasteiger partial charge in [0, 0.05) is 45.3 Å². The number of piperazine rings is 1. The molecule has 1 aliphatic heterocycles. The molecule has 2 rings (SSSR count). The van der Waals surface area contributed by atoms with Gasteiger partial charge in [0.15, 0.2) is 11.5 Å². The van der Waals surface area contributed by atoms with Gasteiger partial charge in [-0.2, -0.15) is 0 Å². The van der Waals surface area contributed by atoms with Gasteiger partial charge in [-0.3, -0.25) is 24.6 Å². The standard InChI is InChI=1S/C19H28N4O6/c1-5-21(6-2)18(24)13-20-7-9-22(10-8-20)19(25)14-11-16(28-3)17(29-4)12-15(14)23(26)27/h11-12H,5-10,13H2,1-4H3. The fourth-order valence-electron chi connectivity index (χ4n) is 3.34. The second-order valence-electron chi connectivity index (χ2n) is 6.62. The van der Waals surface area contributed by atoms with Crippen LogP contribution < -0.4 is 9.47 Å². The van der Waals surface area contributed by atoms with Gasteiger partial charge < -0.3 is 19.3 Å². The minimum absolute atomic E-state index is 0.0414. The Hall–Kier alpha value is -2.88. The molecular weight excluding hydrogens is 380 g/mol. The van der Waals surface area contributed by atoms with E-state index in [9.17, 15) is 19.7 Å². The molecule has 160 valence electrons. The molecule has 0 radical (unpaired) electrons. The molecule has 10 nitrogen and oxygen atoms in total. The topological polar surface area (TPSA) is 105 Å². The van der Waals surface area contributed by atoms with Crippen molar-refractivity contribution in [2.75, 3.05) is 60.0 Å². The highest BCUT2D eigenvalue weighted by Crippen LogP contribution is 2.35. The third-order valence-electron chi connectivity index (χ3n) is 5.06. The number of carbonyl (C=O) groups is 2. The van der Waals surface area contributed by atoms with Gasteiger partial charge >= 0.3 is 0 Å². The number of nitrogens with zero attached hydrogens (tertiary/aromatic N) is 4. The molecule has 0 bridgehead atoms. The van der Waals surface area contributed by atoms with E-state index in [1.54, 1.807) is 9.80 Å². The summed E-state index contributed by atoms with van der Waals surface area (Å²) < 4.78 is 10.3. The zero-order chi connectivity index (χ0) is 21.6. The Balaban J connectivity index is 2.11. The first-order valence-corrected chi connectivity index (χ1v) is 9.56. The van der Waals surface area contributed by atoms with Crippen molar-refractivity contribution in [1.82, 2.24) is 14.7 Å². The fourth-order valence-corrected chi connectivity index (χ4v) is 3.34. The number of nitro benzene ring substituents is 1. The quantitative estimate of drug-likeness (QED) is 0.471. The van der Waals surface area contributed by atoms with Crippen LogP contribution >= 0.6 is 0 Å². The highest BCUT2D eigenvalue weighted by Gasteiger charge is 2.30. The van der Waals surface area contributed by atoms with E-state index in [-0.39, 0.29) is 28.7 Å². The van der Waals surface area contributed by atoms with Gasteiger partial charge in [-0.25, -0.2) is 0 Å². The Morgan fingerprint density at radius 1 is 1.07 bits per heavy atom. The van der Waals surface area contributed by atoms with Gasteiger partial charge in [-0.15, -0.1) is 0 Å². The lowest BCUT2D eigenvalue weighted by Gasteiger charge is -2.35. The summed E-state index contributed by atoms with van der Waals surface area (Å²) in [4.78, 5) is 41.4. The summed E-state index contributed by atoms with van der Waals surface area (Å²) in [5.74, 6) is 0.0677. The minimum Gasteiger partial charge on any atom is -0.493 e. The molecule has 2 amide bonds. The summed E-state index contributed by atoms with van der Waals surface area (Å²) in [5, 5.41) is 11.5. The molecule has 1 heterocycles. The number of amides is 2. The molecule has 1 aromatic rings. The summed E-state index contributed by atoms with van der Waals surface area (Å²) in [5.41, 5.74) is -0.368. The van der Waals surface area contributed by atoms with Crippen LogP contribution in [0.25, 0.3) is 0 Å². The summed E-state index contributed by atoms with van der Waals surface area (Å²) in [6.07, 6.45) is 0. The van der Waals surface area contributed by atoms with E-state index in [0.29, 0.717) is 45.8 Å². The van der Waals surface area contributed by atoms with E-state index in [4.69, 9.17) is 9.47 Å². The minimum atomic E-state index is -0.603. The number of hydrogen-bond acceptors (Lipinski definition) is 7. The van der Waals surface area contributed by atoms with Crippen molar-refractivity contribution in [3.05, 3.63) is 27.8 Å². The molecule has 1 saturated heterocycles. The first-order valence-electron chi connectivity index (χ1n) is 9.56. The van der Waals surface area contributed by atoms with Crippen molar-refractivity contribution >= 4 is 17.5 Å². The lowest BCUT2D eigenvalue weighted by molar-refractivity contribution is -0.385. The maximum Gasteiger partial charge on any atom is 0.286 e. The number of hydrogen-bond donors (Lipinski definition) is 0. The maximum atomic E-state index is 13.0. The Labute approximate surface area is 170 Å². The van der Waals surface area contributed by atoms with E-state index in [1.807, 2.05) is 18.7 Å². The highest BCUT2D eigenvalue weighted by molar-refractivity contribution is 5.99. The molecule has 0 spiro atoms. The zero-order valence-corrected chi connectivity index (χ0v) is 17.3. The molecule has 0 N–H and O–H groups in total. The number of rotatable bonds is 8. The first-order chi connectivity index (χ1) is 13.9. The lowest BCUT2D eigenvalue weighted by Crippen LogP contribution is -2.51. The van der Waals surface area contributed by atoms with Crippen LogP contribution in [0, 0.1) is 10.1 Å². The van der Waals surface area contributed by atoms with Crippen LogP contribution in [0.2, 0.25) is 0 Å². The SMILES string of the molecule is CCN(CC)C(=O)CN1CCN(C(=O)c2cc(OC)c(OC)cc2[N+](=O)[O-])CC1. The maximum absolute atomic E-state index is 13.0. The van der Waals surface area contributed by atoms with E-state index < -0.39 is 10.8 Å². The third-order valence-corrected chi connectivity index (χ3v) is 5.06. The van der Waals surface area contributed by atoms with Crippen LogP contribution in [0.4, 0.5) is 5.69 Å². The van der Waals surface area contributed by atoms with Crippen LogP contribution in [-0.2, 0) is 4.79 Å². The Morgan fingerprint density at radius 2 is 1.62 bits per heavy atom. The first kappa shape index (κ1) is 22.4. The van der Waals surface area contributed by atoms with Crippen LogP contribution in [0.3, 0.4) is 0 Å². The van der Waals surface area contributed by atoms with E-state index in [2.05, 4.69) is 0 Å². The van der Waals surface area contributed by atoms with Crippen molar-refractivity contribution in [2.45, 2.75) is 13.8 Å². The van der Waals surface area contributed by atoms with E-state index >= 15 is 0 Å². The van der Waals surface area contributed by atoms with Gasteiger partial charge in [0.05, 0.1) is 31.8 Å². The number of likely N-dealkylation sites (N-methyl/N-ethyl adjacent to an activating group) is 1. The molecule has 0 unspecified atom stereocenters. The van der Waals surface area contributed by atoms with E-state index in [0.717, 1.165) is 0 Å². The number of methoxy groups -OCH3 is 2. The number of ether oxygens (including phenoxy) is 2. The van der Waals surface area contributed by atoms with Gasteiger partial charge in [-0.1, -0.05) is 0 Å². The van der Waals surface area contributed by atoms with Gasteiger partial charge in [-0.05, 0) is 13.8 Å². The third kappa shape index (κ3) is 5.14. The van der Waals surface area contributed by atoms with Crippen molar-refractivity contribution in [3.63, 3.8) is 0 Å². The van der Waals surface area contributed by atoms with E-state index in [1.165, 1.54) is 26.4 Å². The number of nitro groups is 1. The van der Waals surface area contributed by atoms with Crippen LogP contribution in [0.15, 0.2) is 12.1 Å². The van der Waals surface area contributed by atoms with Crippen molar-refractivity contribution < 1.29 is 24.0 Å². The van der Waals surface area contributed by atoms with Crippen molar-refractivity contribution in [1.29, 1.82) is 0 Å². The largest absolute Gasteiger partial charge is 0.493 e. The zero-order valence-electron chi connectivity index (χ0n) is 17.3.